The normalized spacial score (nSPS) is 11.5. The van der Waals surface area contributed by atoms with E-state index in [0.29, 0.717) is 17.5 Å². The predicted octanol–water partition coefficient (Wildman–Crippen LogP) is 14.3. The number of fused-ring (bicyclic) bond motifs is 6. The number of benzene rings is 8. The molecular weight excluding hydrogens is 717 g/mol. The van der Waals surface area contributed by atoms with Crippen LogP contribution in [0.5, 0.6) is 0 Å². The first-order valence-corrected chi connectivity index (χ1v) is 19.7. The van der Waals surface area contributed by atoms with Gasteiger partial charge < -0.3 is 9.32 Å². The van der Waals surface area contributed by atoms with Crippen molar-refractivity contribution < 1.29 is 4.42 Å². The van der Waals surface area contributed by atoms with Crippen LogP contribution in [-0.2, 0) is 0 Å². The number of furan rings is 1. The molecule has 6 heteroatoms. The SMILES string of the molecule is c1ccc(-c2ccc(N(c3ccc4c(c3)sc3ccccc34)c3ccc4oc5cc(-c6nc(-c7ccccc7)nc(-c7ccccc7)n6)ccc5c4c3)cc2)cc1. The van der Waals surface area contributed by atoms with Crippen LogP contribution in [0, 0.1) is 0 Å². The van der Waals surface area contributed by atoms with Crippen molar-refractivity contribution in [3.8, 4) is 45.3 Å². The van der Waals surface area contributed by atoms with Gasteiger partial charge in [-0.15, -0.1) is 11.3 Å². The average molecular weight is 749 g/mol. The molecule has 0 saturated carbocycles. The molecule has 0 spiro atoms. The van der Waals surface area contributed by atoms with E-state index in [0.717, 1.165) is 55.7 Å². The fraction of sp³-hybridized carbons (Fsp3) is 0. The van der Waals surface area contributed by atoms with E-state index in [1.165, 1.54) is 31.3 Å². The van der Waals surface area contributed by atoms with Gasteiger partial charge in [-0.3, -0.25) is 0 Å². The van der Waals surface area contributed by atoms with E-state index in [1.807, 2.05) is 78.1 Å². The minimum Gasteiger partial charge on any atom is -0.456 e. The van der Waals surface area contributed by atoms with E-state index in [-0.39, 0.29) is 0 Å². The number of nitrogens with zero attached hydrogens (tertiary/aromatic N) is 4. The number of aromatic nitrogens is 3. The molecule has 57 heavy (non-hydrogen) atoms. The van der Waals surface area contributed by atoms with Crippen LogP contribution < -0.4 is 4.90 Å². The quantitative estimate of drug-likeness (QED) is 0.162. The molecule has 0 unspecified atom stereocenters. The summed E-state index contributed by atoms with van der Waals surface area (Å²) in [4.78, 5) is 17.1. The fourth-order valence-corrected chi connectivity index (χ4v) is 8.85. The Morgan fingerprint density at radius 2 is 0.842 bits per heavy atom. The van der Waals surface area contributed by atoms with Crippen LogP contribution in [-0.4, -0.2) is 15.0 Å². The summed E-state index contributed by atoms with van der Waals surface area (Å²) in [5, 5.41) is 4.62. The number of anilines is 3. The lowest BCUT2D eigenvalue weighted by molar-refractivity contribution is 0.669. The highest BCUT2D eigenvalue weighted by Gasteiger charge is 2.19. The molecule has 3 heterocycles. The van der Waals surface area contributed by atoms with Gasteiger partial charge in [-0.1, -0.05) is 133 Å². The average Bonchev–Trinajstić information content (AvgIpc) is 3.85. The minimum atomic E-state index is 0.590. The highest BCUT2D eigenvalue weighted by molar-refractivity contribution is 7.25. The lowest BCUT2D eigenvalue weighted by Crippen LogP contribution is -2.09. The van der Waals surface area contributed by atoms with Gasteiger partial charge in [0, 0.05) is 64.7 Å². The van der Waals surface area contributed by atoms with Gasteiger partial charge in [-0.25, -0.2) is 15.0 Å². The van der Waals surface area contributed by atoms with Crippen molar-refractivity contribution in [3.63, 3.8) is 0 Å². The third-order valence-corrected chi connectivity index (χ3v) is 11.7. The zero-order valence-electron chi connectivity index (χ0n) is 30.6. The second kappa shape index (κ2) is 13.7. The molecule has 0 saturated heterocycles. The Bertz CT molecular complexity index is 3170. The summed E-state index contributed by atoms with van der Waals surface area (Å²) >= 11 is 1.83. The second-order valence-electron chi connectivity index (χ2n) is 14.1. The Balaban J connectivity index is 1.03. The summed E-state index contributed by atoms with van der Waals surface area (Å²) < 4.78 is 9.10. The molecule has 3 aromatic heterocycles. The van der Waals surface area contributed by atoms with Gasteiger partial charge in [0.2, 0.25) is 0 Å². The van der Waals surface area contributed by atoms with E-state index >= 15 is 0 Å². The first-order chi connectivity index (χ1) is 28.2. The van der Waals surface area contributed by atoms with Crippen LogP contribution in [0.2, 0.25) is 0 Å². The molecule has 0 atom stereocenters. The maximum Gasteiger partial charge on any atom is 0.164 e. The molecule has 0 amide bonds. The van der Waals surface area contributed by atoms with Gasteiger partial charge in [0.05, 0.1) is 0 Å². The Hall–Kier alpha value is -7.41. The van der Waals surface area contributed by atoms with Crippen LogP contribution in [0.15, 0.2) is 199 Å². The lowest BCUT2D eigenvalue weighted by Gasteiger charge is -2.26. The van der Waals surface area contributed by atoms with Gasteiger partial charge >= 0.3 is 0 Å². The predicted molar refractivity (Wildman–Crippen MR) is 236 cm³/mol. The topological polar surface area (TPSA) is 55.1 Å². The minimum absolute atomic E-state index is 0.590. The molecule has 5 nitrogen and oxygen atoms in total. The molecule has 11 rings (SSSR count). The zero-order valence-corrected chi connectivity index (χ0v) is 31.4. The molecule has 0 N–H and O–H groups in total. The van der Waals surface area contributed by atoms with Crippen molar-refractivity contribution in [1.82, 2.24) is 15.0 Å². The largest absolute Gasteiger partial charge is 0.456 e. The first-order valence-electron chi connectivity index (χ1n) is 18.9. The standard InChI is InChI=1S/C51H32N4OS/c1-4-12-33(13-5-1)34-20-23-38(24-21-34)55(40-25-28-43-42-18-10-11-19-47(42)57-48(43)32-40)39-26-29-45-44(31-39)41-27-22-37(30-46(41)56-45)51-53-49(35-14-6-2-7-15-35)52-50(54-51)36-16-8-3-9-17-36/h1-32H. The van der Waals surface area contributed by atoms with Gasteiger partial charge in [0.15, 0.2) is 17.5 Å². The van der Waals surface area contributed by atoms with Crippen LogP contribution in [0.3, 0.4) is 0 Å². The molecule has 11 aromatic rings. The maximum atomic E-state index is 6.56. The highest BCUT2D eigenvalue weighted by Crippen LogP contribution is 2.43. The molecular formula is C51H32N4OS. The van der Waals surface area contributed by atoms with Crippen molar-refractivity contribution in [2.75, 3.05) is 4.90 Å². The van der Waals surface area contributed by atoms with Crippen LogP contribution in [0.4, 0.5) is 17.1 Å². The summed E-state index contributed by atoms with van der Waals surface area (Å²) in [5.74, 6) is 1.84. The number of hydrogen-bond donors (Lipinski definition) is 0. The number of hydrogen-bond acceptors (Lipinski definition) is 6. The van der Waals surface area contributed by atoms with Gasteiger partial charge in [-0.05, 0) is 71.8 Å². The highest BCUT2D eigenvalue weighted by atomic mass is 32.1. The van der Waals surface area contributed by atoms with Crippen molar-refractivity contribution in [2.24, 2.45) is 0 Å². The molecule has 0 fully saturated rings. The van der Waals surface area contributed by atoms with E-state index in [2.05, 4.69) is 132 Å². The second-order valence-corrected chi connectivity index (χ2v) is 15.1. The first kappa shape index (κ1) is 33.0. The molecule has 0 radical (unpaired) electrons. The molecule has 0 aliphatic carbocycles. The summed E-state index contributed by atoms with van der Waals surface area (Å²) in [6, 6.07) is 67.6. The Morgan fingerprint density at radius 3 is 1.54 bits per heavy atom. The molecule has 268 valence electrons. The fourth-order valence-electron chi connectivity index (χ4n) is 7.72. The van der Waals surface area contributed by atoms with E-state index < -0.39 is 0 Å². The van der Waals surface area contributed by atoms with Crippen LogP contribution >= 0.6 is 11.3 Å². The van der Waals surface area contributed by atoms with Crippen molar-refractivity contribution >= 4 is 70.5 Å². The monoisotopic (exact) mass is 748 g/mol. The maximum absolute atomic E-state index is 6.56. The van der Waals surface area contributed by atoms with Crippen molar-refractivity contribution in [1.29, 1.82) is 0 Å². The summed E-state index contributed by atoms with van der Waals surface area (Å²) in [5.41, 5.74) is 9.88. The third kappa shape index (κ3) is 6.00. The summed E-state index contributed by atoms with van der Waals surface area (Å²) in [6.07, 6.45) is 0. The Morgan fingerprint density at radius 1 is 0.333 bits per heavy atom. The third-order valence-electron chi connectivity index (χ3n) is 10.5. The molecule has 8 aromatic carbocycles. The van der Waals surface area contributed by atoms with Crippen LogP contribution in [0.25, 0.3) is 87.4 Å². The summed E-state index contributed by atoms with van der Waals surface area (Å²) in [7, 11) is 0. The number of thiophene rings is 1. The Kier molecular flexibility index (Phi) is 7.93. The van der Waals surface area contributed by atoms with Gasteiger partial charge in [-0.2, -0.15) is 0 Å². The van der Waals surface area contributed by atoms with E-state index in [4.69, 9.17) is 19.4 Å². The molecule has 0 bridgehead atoms. The van der Waals surface area contributed by atoms with E-state index in [1.54, 1.807) is 0 Å². The zero-order chi connectivity index (χ0) is 37.7. The summed E-state index contributed by atoms with van der Waals surface area (Å²) in [6.45, 7) is 0. The lowest BCUT2D eigenvalue weighted by atomic mass is 10.0. The van der Waals surface area contributed by atoms with Gasteiger partial charge in [0.1, 0.15) is 11.2 Å². The molecule has 0 aliphatic rings. The van der Waals surface area contributed by atoms with Gasteiger partial charge in [0.25, 0.3) is 0 Å². The van der Waals surface area contributed by atoms with Crippen molar-refractivity contribution in [3.05, 3.63) is 194 Å². The molecule has 0 aliphatic heterocycles. The smallest absolute Gasteiger partial charge is 0.164 e. The van der Waals surface area contributed by atoms with E-state index in [9.17, 15) is 0 Å². The van der Waals surface area contributed by atoms with Crippen LogP contribution in [0.1, 0.15) is 0 Å². The van der Waals surface area contributed by atoms with Crippen molar-refractivity contribution in [2.45, 2.75) is 0 Å². The number of rotatable bonds is 7. The Labute approximate surface area is 332 Å².